The van der Waals surface area contributed by atoms with E-state index in [4.69, 9.17) is 0 Å². The van der Waals surface area contributed by atoms with Crippen LogP contribution in [-0.4, -0.2) is 25.7 Å². The SMILES string of the molecule is CCc1c(C)nc(-n2nc(C)cc2NC(=O)C(C)C)[nH]c1=O. The van der Waals surface area contributed by atoms with Gasteiger partial charge in [0.2, 0.25) is 11.9 Å². The maximum Gasteiger partial charge on any atom is 0.255 e. The average molecular weight is 303 g/mol. The standard InChI is InChI=1S/C15H21N5O2/c1-6-11-10(5)16-15(18-14(11)22)20-12(7-9(4)19-20)17-13(21)8(2)3/h7-8H,6H2,1-5H3,(H,17,21)(H,16,18,22). The Balaban J connectivity index is 2.50. The molecule has 0 saturated carbocycles. The maximum atomic E-state index is 12.1. The van der Waals surface area contributed by atoms with E-state index < -0.39 is 0 Å². The Bertz CT molecular complexity index is 758. The van der Waals surface area contributed by atoms with Crippen molar-refractivity contribution in [2.24, 2.45) is 5.92 Å². The van der Waals surface area contributed by atoms with E-state index in [0.717, 1.165) is 5.69 Å². The summed E-state index contributed by atoms with van der Waals surface area (Å²) in [6.07, 6.45) is 0.615. The highest BCUT2D eigenvalue weighted by atomic mass is 16.2. The van der Waals surface area contributed by atoms with Crippen LogP contribution >= 0.6 is 0 Å². The van der Waals surface area contributed by atoms with E-state index >= 15 is 0 Å². The normalized spacial score (nSPS) is 11.0. The third-order valence-electron chi connectivity index (χ3n) is 3.37. The van der Waals surface area contributed by atoms with Gasteiger partial charge in [0.15, 0.2) is 0 Å². The molecule has 0 fully saturated rings. The van der Waals surface area contributed by atoms with E-state index in [0.29, 0.717) is 29.4 Å². The first kappa shape index (κ1) is 15.9. The quantitative estimate of drug-likeness (QED) is 0.899. The van der Waals surface area contributed by atoms with Crippen LogP contribution < -0.4 is 10.9 Å². The van der Waals surface area contributed by atoms with Gasteiger partial charge in [0, 0.05) is 23.2 Å². The first-order chi connectivity index (χ1) is 10.3. The van der Waals surface area contributed by atoms with E-state index in [1.807, 2.05) is 27.7 Å². The van der Waals surface area contributed by atoms with Crippen molar-refractivity contribution in [2.75, 3.05) is 5.32 Å². The molecule has 2 heterocycles. The van der Waals surface area contributed by atoms with E-state index in [1.165, 1.54) is 4.68 Å². The number of aryl methyl sites for hydroxylation is 2. The van der Waals surface area contributed by atoms with Gasteiger partial charge < -0.3 is 5.32 Å². The molecule has 0 unspecified atom stereocenters. The average Bonchev–Trinajstić information content (AvgIpc) is 2.79. The third kappa shape index (κ3) is 3.08. The van der Waals surface area contributed by atoms with Gasteiger partial charge in [0.25, 0.3) is 5.56 Å². The zero-order valence-corrected chi connectivity index (χ0v) is 13.5. The Labute approximate surface area is 128 Å². The number of H-pyrrole nitrogens is 1. The fourth-order valence-corrected chi connectivity index (χ4v) is 2.13. The van der Waals surface area contributed by atoms with Crippen molar-refractivity contribution < 1.29 is 4.79 Å². The number of nitrogens with zero attached hydrogens (tertiary/aromatic N) is 3. The number of hydrogen-bond donors (Lipinski definition) is 2. The summed E-state index contributed by atoms with van der Waals surface area (Å²) in [7, 11) is 0. The Morgan fingerprint density at radius 1 is 1.41 bits per heavy atom. The highest BCUT2D eigenvalue weighted by Gasteiger charge is 2.16. The van der Waals surface area contributed by atoms with Gasteiger partial charge in [-0.1, -0.05) is 20.8 Å². The second kappa shape index (κ2) is 6.13. The molecule has 1 amide bonds. The molecule has 2 rings (SSSR count). The van der Waals surface area contributed by atoms with Crippen molar-refractivity contribution in [3.63, 3.8) is 0 Å². The number of nitrogens with one attached hydrogen (secondary N) is 2. The highest BCUT2D eigenvalue weighted by Crippen LogP contribution is 2.15. The van der Waals surface area contributed by atoms with Gasteiger partial charge in [-0.3, -0.25) is 14.6 Å². The summed E-state index contributed by atoms with van der Waals surface area (Å²) in [6.45, 7) is 9.13. The van der Waals surface area contributed by atoms with Crippen LogP contribution in [0.2, 0.25) is 0 Å². The first-order valence-corrected chi connectivity index (χ1v) is 7.31. The lowest BCUT2D eigenvalue weighted by molar-refractivity contribution is -0.118. The van der Waals surface area contributed by atoms with Crippen LogP contribution in [0.1, 0.15) is 37.7 Å². The van der Waals surface area contributed by atoms with Gasteiger partial charge in [-0.15, -0.1) is 0 Å². The molecule has 118 valence electrons. The summed E-state index contributed by atoms with van der Waals surface area (Å²) in [5.41, 5.74) is 1.86. The minimum atomic E-state index is -0.181. The van der Waals surface area contributed by atoms with Crippen LogP contribution in [0, 0.1) is 19.8 Å². The Hall–Kier alpha value is -2.44. The van der Waals surface area contributed by atoms with Crippen molar-refractivity contribution in [3.05, 3.63) is 33.4 Å². The van der Waals surface area contributed by atoms with Crippen LogP contribution in [-0.2, 0) is 11.2 Å². The van der Waals surface area contributed by atoms with Crippen molar-refractivity contribution in [1.82, 2.24) is 19.7 Å². The maximum absolute atomic E-state index is 12.1. The minimum absolute atomic E-state index is 0.120. The minimum Gasteiger partial charge on any atom is -0.310 e. The fraction of sp³-hybridized carbons (Fsp3) is 0.467. The largest absolute Gasteiger partial charge is 0.310 e. The van der Waals surface area contributed by atoms with Crippen molar-refractivity contribution in [3.8, 4) is 5.95 Å². The molecule has 0 saturated heterocycles. The molecule has 22 heavy (non-hydrogen) atoms. The number of carbonyl (C=O) groups is 1. The number of aromatic amines is 1. The molecule has 2 N–H and O–H groups in total. The van der Waals surface area contributed by atoms with Crippen LogP contribution in [0.5, 0.6) is 0 Å². The lowest BCUT2D eigenvalue weighted by Crippen LogP contribution is -2.23. The first-order valence-electron chi connectivity index (χ1n) is 7.31. The summed E-state index contributed by atoms with van der Waals surface area (Å²) in [5.74, 6) is 0.514. The molecule has 0 aliphatic heterocycles. The van der Waals surface area contributed by atoms with Gasteiger partial charge >= 0.3 is 0 Å². The summed E-state index contributed by atoms with van der Waals surface area (Å²) < 4.78 is 1.45. The van der Waals surface area contributed by atoms with Gasteiger partial charge in [0.1, 0.15) is 5.82 Å². The van der Waals surface area contributed by atoms with Gasteiger partial charge in [-0.25, -0.2) is 4.98 Å². The van der Waals surface area contributed by atoms with Crippen LogP contribution in [0.3, 0.4) is 0 Å². The molecule has 7 nitrogen and oxygen atoms in total. The smallest absolute Gasteiger partial charge is 0.255 e. The van der Waals surface area contributed by atoms with Gasteiger partial charge in [0.05, 0.1) is 5.69 Å². The molecule has 0 radical (unpaired) electrons. The third-order valence-corrected chi connectivity index (χ3v) is 3.37. The van der Waals surface area contributed by atoms with Crippen LogP contribution in [0.15, 0.2) is 10.9 Å². The predicted molar refractivity (Wildman–Crippen MR) is 84.3 cm³/mol. The summed E-state index contributed by atoms with van der Waals surface area (Å²) >= 11 is 0. The molecule has 0 aliphatic rings. The van der Waals surface area contributed by atoms with Crippen LogP contribution in [0.25, 0.3) is 5.95 Å². The zero-order valence-electron chi connectivity index (χ0n) is 13.5. The lowest BCUT2D eigenvalue weighted by Gasteiger charge is -2.11. The van der Waals surface area contributed by atoms with Crippen LogP contribution in [0.4, 0.5) is 5.82 Å². The molecule has 0 atom stereocenters. The molecule has 0 aromatic carbocycles. The fourth-order valence-electron chi connectivity index (χ4n) is 2.13. The number of aromatic nitrogens is 4. The second-order valence-corrected chi connectivity index (χ2v) is 5.53. The molecule has 2 aromatic rings. The van der Waals surface area contributed by atoms with E-state index in [2.05, 4.69) is 20.4 Å². The summed E-state index contributed by atoms with van der Waals surface area (Å²) in [4.78, 5) is 31.1. The predicted octanol–water partition coefficient (Wildman–Crippen LogP) is 1.73. The molecule has 0 spiro atoms. The molecule has 0 aliphatic carbocycles. The Morgan fingerprint density at radius 2 is 2.09 bits per heavy atom. The van der Waals surface area contributed by atoms with Gasteiger partial charge in [-0.05, 0) is 20.3 Å². The number of carbonyl (C=O) groups excluding carboxylic acids is 1. The lowest BCUT2D eigenvalue weighted by atomic mass is 10.2. The topological polar surface area (TPSA) is 92.7 Å². The molecular weight excluding hydrogens is 282 g/mol. The van der Waals surface area contributed by atoms with E-state index in [1.54, 1.807) is 13.0 Å². The second-order valence-electron chi connectivity index (χ2n) is 5.53. The van der Waals surface area contributed by atoms with Gasteiger partial charge in [-0.2, -0.15) is 9.78 Å². The molecule has 0 bridgehead atoms. The molecular formula is C15H21N5O2. The number of anilines is 1. The summed E-state index contributed by atoms with van der Waals surface area (Å²) in [5, 5.41) is 7.10. The number of rotatable bonds is 4. The molecule has 7 heteroatoms. The Kier molecular flexibility index (Phi) is 4.44. The Morgan fingerprint density at radius 3 is 2.64 bits per heavy atom. The highest BCUT2D eigenvalue weighted by molar-refractivity contribution is 5.91. The van der Waals surface area contributed by atoms with Crippen molar-refractivity contribution >= 4 is 11.7 Å². The zero-order chi connectivity index (χ0) is 16.4. The van der Waals surface area contributed by atoms with Crippen molar-refractivity contribution in [2.45, 2.75) is 41.0 Å². The van der Waals surface area contributed by atoms with E-state index in [-0.39, 0.29) is 17.4 Å². The number of hydrogen-bond acceptors (Lipinski definition) is 4. The number of amides is 1. The van der Waals surface area contributed by atoms with Crippen molar-refractivity contribution in [1.29, 1.82) is 0 Å². The van der Waals surface area contributed by atoms with E-state index in [9.17, 15) is 9.59 Å². The summed E-state index contributed by atoms with van der Waals surface area (Å²) in [6, 6.07) is 1.74. The monoisotopic (exact) mass is 303 g/mol. The molecule has 2 aromatic heterocycles.